The summed E-state index contributed by atoms with van der Waals surface area (Å²) in [6.45, 7) is 16.1. The van der Waals surface area contributed by atoms with Crippen LogP contribution in [-0.4, -0.2) is 11.9 Å². The van der Waals surface area contributed by atoms with Gasteiger partial charge in [0.15, 0.2) is 0 Å². The van der Waals surface area contributed by atoms with Gasteiger partial charge in [0.2, 0.25) is 5.91 Å². The first-order valence-electron chi connectivity index (χ1n) is 7.83. The van der Waals surface area contributed by atoms with Crippen LogP contribution in [0.5, 0.6) is 0 Å². The van der Waals surface area contributed by atoms with E-state index in [0.717, 1.165) is 12.8 Å². The zero-order valence-electron chi connectivity index (χ0n) is 14.0. The molecule has 1 saturated carbocycles. The predicted molar refractivity (Wildman–Crippen MR) is 82.0 cm³/mol. The maximum atomic E-state index is 11.7. The fourth-order valence-electron chi connectivity index (χ4n) is 4.22. The number of carbonyl (C=O) groups is 1. The van der Waals surface area contributed by atoms with Crippen LogP contribution in [0.1, 0.15) is 80.6 Å². The van der Waals surface area contributed by atoms with E-state index in [9.17, 15) is 4.79 Å². The van der Waals surface area contributed by atoms with Crippen molar-refractivity contribution in [3.63, 3.8) is 0 Å². The third-order valence-corrected chi connectivity index (χ3v) is 5.31. The van der Waals surface area contributed by atoms with E-state index in [4.69, 9.17) is 0 Å². The molecule has 1 rings (SSSR count). The molecular formula is C17H33NO. The standard InChI is InChI=1S/C17H33NO/c1-8-14(19)18-13-10-9-11-17(12-13,15(2,3)4)16(5,6)7/h13H,8-12H2,1-7H3,(H,18,19). The topological polar surface area (TPSA) is 29.1 Å². The minimum Gasteiger partial charge on any atom is -0.353 e. The summed E-state index contributed by atoms with van der Waals surface area (Å²) in [6.07, 6.45) is 5.35. The van der Waals surface area contributed by atoms with Gasteiger partial charge in [0.05, 0.1) is 0 Å². The Bertz CT molecular complexity index is 305. The predicted octanol–water partition coefficient (Wildman–Crippen LogP) is 4.53. The molecule has 0 bridgehead atoms. The van der Waals surface area contributed by atoms with E-state index in [-0.39, 0.29) is 16.7 Å². The molecule has 2 heteroatoms. The smallest absolute Gasteiger partial charge is 0.219 e. The molecule has 1 aliphatic rings. The molecule has 1 amide bonds. The molecule has 0 radical (unpaired) electrons. The molecule has 0 aromatic heterocycles. The molecule has 0 aromatic rings. The van der Waals surface area contributed by atoms with Gasteiger partial charge in [-0.25, -0.2) is 0 Å². The third-order valence-electron chi connectivity index (χ3n) is 5.31. The highest BCUT2D eigenvalue weighted by Crippen LogP contribution is 2.59. The number of amides is 1. The zero-order chi connectivity index (χ0) is 14.9. The van der Waals surface area contributed by atoms with Gasteiger partial charge < -0.3 is 5.32 Å². The van der Waals surface area contributed by atoms with Crippen molar-refractivity contribution in [2.75, 3.05) is 0 Å². The second-order valence-electron chi connectivity index (χ2n) is 8.30. The minimum absolute atomic E-state index is 0.198. The number of rotatable bonds is 2. The Morgan fingerprint density at radius 3 is 2.11 bits per heavy atom. The van der Waals surface area contributed by atoms with Gasteiger partial charge in [-0.1, -0.05) is 54.9 Å². The normalized spacial score (nSPS) is 24.1. The summed E-state index contributed by atoms with van der Waals surface area (Å²) in [5.41, 5.74) is 0.825. The molecule has 0 spiro atoms. The lowest BCUT2D eigenvalue weighted by atomic mass is 9.48. The lowest BCUT2D eigenvalue weighted by Gasteiger charge is -2.57. The van der Waals surface area contributed by atoms with Crippen molar-refractivity contribution in [2.24, 2.45) is 16.2 Å². The number of hydrogen-bond acceptors (Lipinski definition) is 1. The molecule has 1 fully saturated rings. The molecule has 19 heavy (non-hydrogen) atoms. The van der Waals surface area contributed by atoms with Crippen LogP contribution >= 0.6 is 0 Å². The Balaban J connectivity index is 2.97. The highest BCUT2D eigenvalue weighted by molar-refractivity contribution is 5.75. The van der Waals surface area contributed by atoms with E-state index >= 15 is 0 Å². The highest BCUT2D eigenvalue weighted by Gasteiger charge is 2.52. The summed E-state index contributed by atoms with van der Waals surface area (Å²) in [5, 5.41) is 3.23. The van der Waals surface area contributed by atoms with Gasteiger partial charge in [0.25, 0.3) is 0 Å². The van der Waals surface area contributed by atoms with Crippen LogP contribution < -0.4 is 5.32 Å². The molecule has 0 heterocycles. The Morgan fingerprint density at radius 1 is 1.16 bits per heavy atom. The van der Waals surface area contributed by atoms with Crippen molar-refractivity contribution in [2.45, 2.75) is 86.6 Å². The van der Waals surface area contributed by atoms with E-state index in [1.807, 2.05) is 6.92 Å². The first kappa shape index (κ1) is 16.5. The summed E-state index contributed by atoms with van der Waals surface area (Å²) in [5.74, 6) is 0.198. The molecule has 1 atom stereocenters. The first-order chi connectivity index (χ1) is 8.53. The van der Waals surface area contributed by atoms with E-state index < -0.39 is 0 Å². The summed E-state index contributed by atoms with van der Waals surface area (Å²) in [7, 11) is 0. The van der Waals surface area contributed by atoms with Crippen molar-refractivity contribution in [3.8, 4) is 0 Å². The lowest BCUT2D eigenvalue weighted by molar-refractivity contribution is -0.124. The van der Waals surface area contributed by atoms with E-state index in [2.05, 4.69) is 46.9 Å². The lowest BCUT2D eigenvalue weighted by Crippen LogP contribution is -2.53. The molecular weight excluding hydrogens is 234 g/mol. The van der Waals surface area contributed by atoms with Crippen LogP contribution in [-0.2, 0) is 4.79 Å². The molecule has 0 aliphatic heterocycles. The second-order valence-corrected chi connectivity index (χ2v) is 8.30. The van der Waals surface area contributed by atoms with Crippen molar-refractivity contribution in [3.05, 3.63) is 0 Å². The maximum absolute atomic E-state index is 11.7. The van der Waals surface area contributed by atoms with Gasteiger partial charge >= 0.3 is 0 Å². The SMILES string of the molecule is CCC(=O)NC1CCCC(C(C)(C)C)(C(C)(C)C)C1. The summed E-state index contributed by atoms with van der Waals surface area (Å²) < 4.78 is 0. The first-order valence-corrected chi connectivity index (χ1v) is 7.83. The van der Waals surface area contributed by atoms with E-state index in [1.54, 1.807) is 0 Å². The molecule has 0 saturated heterocycles. The molecule has 1 aliphatic carbocycles. The second kappa shape index (κ2) is 5.46. The van der Waals surface area contributed by atoms with Gasteiger partial charge in [-0.15, -0.1) is 0 Å². The van der Waals surface area contributed by atoms with Crippen LogP contribution in [0, 0.1) is 16.2 Å². The van der Waals surface area contributed by atoms with Crippen molar-refractivity contribution in [1.29, 1.82) is 0 Å². The highest BCUT2D eigenvalue weighted by atomic mass is 16.1. The van der Waals surface area contributed by atoms with Gasteiger partial charge in [0.1, 0.15) is 0 Å². The Labute approximate surface area is 119 Å². The fraction of sp³-hybridized carbons (Fsp3) is 0.941. The fourth-order valence-corrected chi connectivity index (χ4v) is 4.22. The Morgan fingerprint density at radius 2 is 1.68 bits per heavy atom. The minimum atomic E-state index is 0.198. The van der Waals surface area contributed by atoms with Gasteiger partial charge in [-0.05, 0) is 35.5 Å². The van der Waals surface area contributed by atoms with Crippen LogP contribution in [0.25, 0.3) is 0 Å². The van der Waals surface area contributed by atoms with Crippen molar-refractivity contribution >= 4 is 5.91 Å². The molecule has 1 unspecified atom stereocenters. The molecule has 112 valence electrons. The van der Waals surface area contributed by atoms with E-state index in [0.29, 0.717) is 17.9 Å². The summed E-state index contributed by atoms with van der Waals surface area (Å²) in [6, 6.07) is 0.361. The third kappa shape index (κ3) is 3.32. The zero-order valence-corrected chi connectivity index (χ0v) is 14.0. The number of carbonyl (C=O) groups excluding carboxylic acids is 1. The summed E-state index contributed by atoms with van der Waals surface area (Å²) >= 11 is 0. The Hall–Kier alpha value is -0.530. The molecule has 0 aromatic carbocycles. The van der Waals surface area contributed by atoms with E-state index in [1.165, 1.54) is 12.8 Å². The molecule has 1 N–H and O–H groups in total. The van der Waals surface area contributed by atoms with Gasteiger partial charge in [0, 0.05) is 12.5 Å². The van der Waals surface area contributed by atoms with Crippen molar-refractivity contribution < 1.29 is 4.79 Å². The van der Waals surface area contributed by atoms with Crippen LogP contribution in [0.2, 0.25) is 0 Å². The quantitative estimate of drug-likeness (QED) is 0.782. The maximum Gasteiger partial charge on any atom is 0.219 e. The number of hydrogen-bond donors (Lipinski definition) is 1. The van der Waals surface area contributed by atoms with Crippen LogP contribution in [0.3, 0.4) is 0 Å². The van der Waals surface area contributed by atoms with Gasteiger partial charge in [-0.3, -0.25) is 4.79 Å². The summed E-state index contributed by atoms with van der Waals surface area (Å²) in [4.78, 5) is 11.7. The average molecular weight is 267 g/mol. The average Bonchev–Trinajstić information content (AvgIpc) is 2.26. The van der Waals surface area contributed by atoms with Crippen molar-refractivity contribution in [1.82, 2.24) is 5.32 Å². The van der Waals surface area contributed by atoms with Gasteiger partial charge in [-0.2, -0.15) is 0 Å². The van der Waals surface area contributed by atoms with Crippen LogP contribution in [0.15, 0.2) is 0 Å². The van der Waals surface area contributed by atoms with Crippen LogP contribution in [0.4, 0.5) is 0 Å². The Kier molecular flexibility index (Phi) is 4.75. The number of nitrogens with one attached hydrogen (secondary N) is 1. The molecule has 2 nitrogen and oxygen atoms in total. The monoisotopic (exact) mass is 267 g/mol. The largest absolute Gasteiger partial charge is 0.353 e.